The Labute approximate surface area is 151 Å². The van der Waals surface area contributed by atoms with Gasteiger partial charge in [-0.15, -0.1) is 0 Å². The lowest BCUT2D eigenvalue weighted by Gasteiger charge is -2.34. The summed E-state index contributed by atoms with van der Waals surface area (Å²) in [6, 6.07) is 2.93. The Balaban J connectivity index is 1.46. The molecule has 26 heavy (non-hydrogen) atoms. The van der Waals surface area contributed by atoms with E-state index in [0.717, 1.165) is 0 Å². The number of amides is 2. The Morgan fingerprint density at radius 2 is 2.23 bits per heavy atom. The van der Waals surface area contributed by atoms with Crippen LogP contribution in [-0.4, -0.2) is 62.8 Å². The standard InChI is InChI=1S/C18H24N4O4/c1-11(2)13-10-26-18-7-8-21(14(18)9-17(25)22(13)18)16(24)6-4-12-3-5-15(23)20-19-12/h3,5,11,13-14H,4,6-10H2,1-2H3,(H,20,23)/t13-,14+,18-/m0/s1. The lowest BCUT2D eigenvalue weighted by atomic mass is 10.0. The van der Waals surface area contributed by atoms with E-state index in [2.05, 4.69) is 24.0 Å². The summed E-state index contributed by atoms with van der Waals surface area (Å²) in [4.78, 5) is 40.2. The van der Waals surface area contributed by atoms with Crippen molar-refractivity contribution in [3.05, 3.63) is 28.2 Å². The fourth-order valence-corrected chi connectivity index (χ4v) is 4.56. The number of hydrogen-bond acceptors (Lipinski definition) is 5. The fraction of sp³-hybridized carbons (Fsp3) is 0.667. The van der Waals surface area contributed by atoms with Gasteiger partial charge >= 0.3 is 0 Å². The van der Waals surface area contributed by atoms with Gasteiger partial charge in [-0.25, -0.2) is 5.10 Å². The Bertz CT molecular complexity index is 771. The lowest BCUT2D eigenvalue weighted by Crippen LogP contribution is -2.51. The zero-order valence-electron chi connectivity index (χ0n) is 15.1. The summed E-state index contributed by atoms with van der Waals surface area (Å²) in [5, 5.41) is 6.32. The van der Waals surface area contributed by atoms with Gasteiger partial charge in [-0.1, -0.05) is 13.8 Å². The number of rotatable bonds is 4. The maximum absolute atomic E-state index is 12.8. The predicted octanol–water partition coefficient (Wildman–Crippen LogP) is 0.287. The predicted molar refractivity (Wildman–Crippen MR) is 92.1 cm³/mol. The second-order valence-electron chi connectivity index (χ2n) is 7.70. The van der Waals surface area contributed by atoms with Crippen molar-refractivity contribution in [3.8, 4) is 0 Å². The summed E-state index contributed by atoms with van der Waals surface area (Å²) in [7, 11) is 0. The number of aryl methyl sites for hydroxylation is 1. The van der Waals surface area contributed by atoms with E-state index in [-0.39, 0.29) is 29.5 Å². The average Bonchev–Trinajstić information content (AvgIpc) is 3.23. The number of aromatic nitrogens is 2. The van der Waals surface area contributed by atoms with E-state index in [4.69, 9.17) is 4.74 Å². The smallest absolute Gasteiger partial charge is 0.264 e. The molecule has 8 nitrogen and oxygen atoms in total. The number of carbonyl (C=O) groups is 2. The van der Waals surface area contributed by atoms with Gasteiger partial charge in [0.2, 0.25) is 11.8 Å². The summed E-state index contributed by atoms with van der Waals surface area (Å²) in [5.74, 6) is 0.422. The minimum atomic E-state index is -0.627. The molecule has 3 atom stereocenters. The monoisotopic (exact) mass is 360 g/mol. The van der Waals surface area contributed by atoms with Gasteiger partial charge in [-0.05, 0) is 12.0 Å². The van der Waals surface area contributed by atoms with E-state index in [9.17, 15) is 14.4 Å². The van der Waals surface area contributed by atoms with E-state index in [1.165, 1.54) is 6.07 Å². The molecule has 0 radical (unpaired) electrons. The Morgan fingerprint density at radius 3 is 2.92 bits per heavy atom. The Morgan fingerprint density at radius 1 is 1.42 bits per heavy atom. The van der Waals surface area contributed by atoms with E-state index in [0.29, 0.717) is 50.4 Å². The number of carbonyl (C=O) groups excluding carboxylic acids is 2. The first kappa shape index (κ1) is 17.2. The van der Waals surface area contributed by atoms with Crippen molar-refractivity contribution in [2.45, 2.75) is 57.3 Å². The molecule has 1 spiro atoms. The molecular weight excluding hydrogens is 336 g/mol. The van der Waals surface area contributed by atoms with Gasteiger partial charge < -0.3 is 14.5 Å². The van der Waals surface area contributed by atoms with Crippen LogP contribution in [-0.2, 0) is 20.7 Å². The number of aromatic amines is 1. The first-order chi connectivity index (χ1) is 12.4. The number of hydrogen-bond donors (Lipinski definition) is 1. The van der Waals surface area contributed by atoms with E-state index in [1.54, 1.807) is 6.07 Å². The number of likely N-dealkylation sites (tertiary alicyclic amines) is 1. The quantitative estimate of drug-likeness (QED) is 0.832. The number of H-pyrrole nitrogens is 1. The van der Waals surface area contributed by atoms with Crippen LogP contribution in [0.3, 0.4) is 0 Å². The van der Waals surface area contributed by atoms with Crippen molar-refractivity contribution < 1.29 is 14.3 Å². The molecule has 0 aromatic carbocycles. The maximum Gasteiger partial charge on any atom is 0.264 e. The van der Waals surface area contributed by atoms with Crippen LogP contribution in [0.4, 0.5) is 0 Å². The van der Waals surface area contributed by atoms with Crippen molar-refractivity contribution in [2.75, 3.05) is 13.2 Å². The zero-order chi connectivity index (χ0) is 18.5. The van der Waals surface area contributed by atoms with Crippen molar-refractivity contribution in [1.29, 1.82) is 0 Å². The number of ether oxygens (including phenoxy) is 1. The third-order valence-electron chi connectivity index (χ3n) is 5.91. The van der Waals surface area contributed by atoms with Gasteiger partial charge in [0, 0.05) is 31.9 Å². The van der Waals surface area contributed by atoms with Crippen molar-refractivity contribution in [3.63, 3.8) is 0 Å². The van der Waals surface area contributed by atoms with Crippen LogP contribution >= 0.6 is 0 Å². The van der Waals surface area contributed by atoms with Gasteiger partial charge in [0.15, 0.2) is 5.72 Å². The average molecular weight is 360 g/mol. The van der Waals surface area contributed by atoms with E-state index in [1.807, 2.05) is 9.80 Å². The van der Waals surface area contributed by atoms with Crippen LogP contribution in [0.1, 0.15) is 38.8 Å². The van der Waals surface area contributed by atoms with Crippen LogP contribution in [0.15, 0.2) is 16.9 Å². The highest BCUT2D eigenvalue weighted by Crippen LogP contribution is 2.48. The largest absolute Gasteiger partial charge is 0.351 e. The topological polar surface area (TPSA) is 95.6 Å². The summed E-state index contributed by atoms with van der Waals surface area (Å²) in [5.41, 5.74) is -0.213. The number of nitrogens with one attached hydrogen (secondary N) is 1. The molecule has 8 heteroatoms. The minimum Gasteiger partial charge on any atom is -0.351 e. The van der Waals surface area contributed by atoms with Gasteiger partial charge in [0.05, 0.1) is 30.8 Å². The van der Waals surface area contributed by atoms with Crippen LogP contribution in [0.2, 0.25) is 0 Å². The van der Waals surface area contributed by atoms with Crippen molar-refractivity contribution in [2.24, 2.45) is 5.92 Å². The van der Waals surface area contributed by atoms with Crippen LogP contribution in [0.5, 0.6) is 0 Å². The third kappa shape index (κ3) is 2.55. The normalized spacial score (nSPS) is 30.2. The molecule has 0 saturated carbocycles. The summed E-state index contributed by atoms with van der Waals surface area (Å²) in [6.45, 7) is 5.35. The first-order valence-electron chi connectivity index (χ1n) is 9.22. The van der Waals surface area contributed by atoms with Gasteiger partial charge in [0.25, 0.3) is 5.56 Å². The Kier molecular flexibility index (Phi) is 4.10. The zero-order valence-corrected chi connectivity index (χ0v) is 15.1. The molecule has 1 aromatic heterocycles. The molecule has 4 heterocycles. The minimum absolute atomic E-state index is 0.00567. The molecule has 0 unspecified atom stereocenters. The molecule has 1 aromatic rings. The molecule has 140 valence electrons. The van der Waals surface area contributed by atoms with Crippen molar-refractivity contribution in [1.82, 2.24) is 20.0 Å². The summed E-state index contributed by atoms with van der Waals surface area (Å²) < 4.78 is 6.15. The highest BCUT2D eigenvalue weighted by molar-refractivity contribution is 5.85. The summed E-state index contributed by atoms with van der Waals surface area (Å²) >= 11 is 0. The van der Waals surface area contributed by atoms with Gasteiger partial charge in [0.1, 0.15) is 0 Å². The van der Waals surface area contributed by atoms with Gasteiger partial charge in [-0.2, -0.15) is 5.10 Å². The SMILES string of the molecule is CC(C)[C@@H]1CO[C@@]23CCN(C(=O)CCc4ccc(=O)[nH]n4)[C@@H]2CC(=O)N13. The highest BCUT2D eigenvalue weighted by atomic mass is 16.5. The first-order valence-corrected chi connectivity index (χ1v) is 9.22. The molecule has 3 aliphatic rings. The molecule has 4 rings (SSSR count). The van der Waals surface area contributed by atoms with Crippen LogP contribution in [0.25, 0.3) is 0 Å². The fourth-order valence-electron chi connectivity index (χ4n) is 4.56. The molecule has 3 saturated heterocycles. The molecular formula is C18H24N4O4. The lowest BCUT2D eigenvalue weighted by molar-refractivity contribution is -0.141. The molecule has 0 bridgehead atoms. The van der Waals surface area contributed by atoms with Gasteiger partial charge in [-0.3, -0.25) is 14.4 Å². The second kappa shape index (κ2) is 6.19. The molecule has 3 fully saturated rings. The summed E-state index contributed by atoms with van der Waals surface area (Å²) in [6.07, 6.45) is 1.77. The van der Waals surface area contributed by atoms with Crippen LogP contribution in [0, 0.1) is 5.92 Å². The maximum atomic E-state index is 12.8. The molecule has 3 aliphatic heterocycles. The van der Waals surface area contributed by atoms with Crippen LogP contribution < -0.4 is 5.56 Å². The molecule has 0 aliphatic carbocycles. The van der Waals surface area contributed by atoms with E-state index < -0.39 is 5.72 Å². The molecule has 1 N–H and O–H groups in total. The van der Waals surface area contributed by atoms with Crippen molar-refractivity contribution >= 4 is 11.8 Å². The number of nitrogens with zero attached hydrogens (tertiary/aromatic N) is 3. The highest BCUT2D eigenvalue weighted by Gasteiger charge is 2.65. The van der Waals surface area contributed by atoms with E-state index >= 15 is 0 Å². The molecule has 2 amide bonds. The third-order valence-corrected chi connectivity index (χ3v) is 5.91. The Hall–Kier alpha value is -2.22. The second-order valence-corrected chi connectivity index (χ2v) is 7.70.